The second kappa shape index (κ2) is 5.63. The summed E-state index contributed by atoms with van der Waals surface area (Å²) in [6.07, 6.45) is 5.47. The Labute approximate surface area is 107 Å². The van der Waals surface area contributed by atoms with E-state index < -0.39 is 0 Å². The zero-order valence-corrected chi connectivity index (χ0v) is 10.9. The summed E-state index contributed by atoms with van der Waals surface area (Å²) in [7, 11) is 1.95. The van der Waals surface area contributed by atoms with Gasteiger partial charge in [0, 0.05) is 38.7 Å². The first-order valence-electron chi connectivity index (χ1n) is 6.19. The molecule has 0 unspecified atom stereocenters. The van der Waals surface area contributed by atoms with Crippen molar-refractivity contribution in [2.45, 2.75) is 26.2 Å². The van der Waals surface area contributed by atoms with Crippen LogP contribution in [0.5, 0.6) is 0 Å². The lowest BCUT2D eigenvalue weighted by Crippen LogP contribution is -2.07. The van der Waals surface area contributed by atoms with Crippen LogP contribution in [0, 0.1) is 6.92 Å². The zero-order chi connectivity index (χ0) is 13.0. The van der Waals surface area contributed by atoms with E-state index in [1.165, 1.54) is 5.56 Å². The van der Waals surface area contributed by atoms with E-state index in [-0.39, 0.29) is 5.78 Å². The molecular formula is C15H18N2O. The monoisotopic (exact) mass is 242 g/mol. The SMILES string of the molecule is Cc1ccccc1CC(=O)CCc1nccn1C. The Morgan fingerprint density at radius 2 is 2.11 bits per heavy atom. The van der Waals surface area contributed by atoms with Crippen LogP contribution in [0.1, 0.15) is 23.4 Å². The molecule has 0 atom stereocenters. The van der Waals surface area contributed by atoms with Gasteiger partial charge in [-0.3, -0.25) is 4.79 Å². The number of nitrogens with zero attached hydrogens (tertiary/aromatic N) is 2. The molecule has 2 aromatic rings. The molecule has 0 fully saturated rings. The van der Waals surface area contributed by atoms with E-state index in [2.05, 4.69) is 4.98 Å². The Bertz CT molecular complexity index is 543. The number of Topliss-reactive ketones (excluding diaryl/α,β-unsaturated/α-hetero) is 1. The molecule has 0 N–H and O–H groups in total. The molecule has 0 aliphatic heterocycles. The van der Waals surface area contributed by atoms with Crippen molar-refractivity contribution >= 4 is 5.78 Å². The van der Waals surface area contributed by atoms with Gasteiger partial charge in [-0.25, -0.2) is 4.98 Å². The van der Waals surface area contributed by atoms with Crippen molar-refractivity contribution in [1.82, 2.24) is 9.55 Å². The van der Waals surface area contributed by atoms with Crippen molar-refractivity contribution in [3.63, 3.8) is 0 Å². The number of hydrogen-bond donors (Lipinski definition) is 0. The fourth-order valence-corrected chi connectivity index (χ4v) is 2.00. The third-order valence-electron chi connectivity index (χ3n) is 3.20. The smallest absolute Gasteiger partial charge is 0.137 e. The Morgan fingerprint density at radius 3 is 2.78 bits per heavy atom. The van der Waals surface area contributed by atoms with Crippen molar-refractivity contribution in [2.75, 3.05) is 0 Å². The highest BCUT2D eigenvalue weighted by Gasteiger charge is 2.07. The number of carbonyl (C=O) groups is 1. The number of hydrogen-bond acceptors (Lipinski definition) is 2. The van der Waals surface area contributed by atoms with Crippen molar-refractivity contribution in [2.24, 2.45) is 7.05 Å². The van der Waals surface area contributed by atoms with Gasteiger partial charge in [-0.15, -0.1) is 0 Å². The summed E-state index contributed by atoms with van der Waals surface area (Å²) < 4.78 is 1.96. The van der Waals surface area contributed by atoms with E-state index in [4.69, 9.17) is 0 Å². The van der Waals surface area contributed by atoms with Gasteiger partial charge >= 0.3 is 0 Å². The van der Waals surface area contributed by atoms with Gasteiger partial charge in [-0.2, -0.15) is 0 Å². The summed E-state index contributed by atoms with van der Waals surface area (Å²) in [5.41, 5.74) is 2.31. The molecule has 18 heavy (non-hydrogen) atoms. The highest BCUT2D eigenvalue weighted by molar-refractivity contribution is 5.81. The minimum Gasteiger partial charge on any atom is -0.338 e. The lowest BCUT2D eigenvalue weighted by molar-refractivity contribution is -0.118. The maximum absolute atomic E-state index is 11.9. The fraction of sp³-hybridized carbons (Fsp3) is 0.333. The second-order valence-corrected chi connectivity index (χ2v) is 4.60. The molecule has 0 aliphatic carbocycles. The fourth-order valence-electron chi connectivity index (χ4n) is 2.00. The minimum atomic E-state index is 0.271. The maximum atomic E-state index is 11.9. The van der Waals surface area contributed by atoms with Crippen LogP contribution in [-0.4, -0.2) is 15.3 Å². The standard InChI is InChI=1S/C15H18N2O/c1-12-5-3-4-6-13(12)11-14(18)7-8-15-16-9-10-17(15)2/h3-6,9-10H,7-8,11H2,1-2H3. The molecule has 0 spiro atoms. The van der Waals surface area contributed by atoms with Gasteiger partial charge in [0.1, 0.15) is 11.6 Å². The summed E-state index contributed by atoms with van der Waals surface area (Å²) in [4.78, 5) is 16.2. The first-order valence-corrected chi connectivity index (χ1v) is 6.19. The lowest BCUT2D eigenvalue weighted by atomic mass is 10.0. The molecule has 3 nitrogen and oxygen atoms in total. The molecule has 94 valence electrons. The summed E-state index contributed by atoms with van der Waals surface area (Å²) in [6, 6.07) is 8.04. The van der Waals surface area contributed by atoms with E-state index in [1.54, 1.807) is 6.20 Å². The van der Waals surface area contributed by atoms with Crippen LogP contribution in [0.25, 0.3) is 0 Å². The lowest BCUT2D eigenvalue weighted by Gasteiger charge is -2.05. The number of benzene rings is 1. The minimum absolute atomic E-state index is 0.271. The van der Waals surface area contributed by atoms with Crippen LogP contribution in [0.2, 0.25) is 0 Å². The first-order chi connectivity index (χ1) is 8.66. The van der Waals surface area contributed by atoms with Gasteiger partial charge < -0.3 is 4.57 Å². The molecule has 1 heterocycles. The molecule has 1 aromatic carbocycles. The number of aromatic nitrogens is 2. The van der Waals surface area contributed by atoms with E-state index >= 15 is 0 Å². The molecule has 3 heteroatoms. The van der Waals surface area contributed by atoms with Gasteiger partial charge in [-0.1, -0.05) is 24.3 Å². The molecule has 0 radical (unpaired) electrons. The third-order valence-corrected chi connectivity index (χ3v) is 3.20. The molecular weight excluding hydrogens is 224 g/mol. The molecule has 1 aromatic heterocycles. The van der Waals surface area contributed by atoms with Crippen LogP contribution in [0.15, 0.2) is 36.7 Å². The number of imidazole rings is 1. The summed E-state index contributed by atoms with van der Waals surface area (Å²) in [6.45, 7) is 2.04. The quantitative estimate of drug-likeness (QED) is 0.807. The van der Waals surface area contributed by atoms with Gasteiger partial charge in [0.05, 0.1) is 0 Å². The second-order valence-electron chi connectivity index (χ2n) is 4.60. The number of ketones is 1. The van der Waals surface area contributed by atoms with Crippen LogP contribution < -0.4 is 0 Å². The van der Waals surface area contributed by atoms with Gasteiger partial charge in [-0.05, 0) is 18.1 Å². The van der Waals surface area contributed by atoms with E-state index in [0.717, 1.165) is 11.4 Å². The zero-order valence-electron chi connectivity index (χ0n) is 10.9. The van der Waals surface area contributed by atoms with E-state index in [1.807, 2.05) is 49.0 Å². The molecule has 0 amide bonds. The Kier molecular flexibility index (Phi) is 3.92. The van der Waals surface area contributed by atoms with Crippen molar-refractivity contribution in [1.29, 1.82) is 0 Å². The molecule has 2 rings (SSSR count). The van der Waals surface area contributed by atoms with Crippen LogP contribution in [-0.2, 0) is 24.7 Å². The highest BCUT2D eigenvalue weighted by Crippen LogP contribution is 2.10. The summed E-state index contributed by atoms with van der Waals surface area (Å²) >= 11 is 0. The van der Waals surface area contributed by atoms with E-state index in [9.17, 15) is 4.79 Å². The van der Waals surface area contributed by atoms with Crippen LogP contribution >= 0.6 is 0 Å². The average molecular weight is 242 g/mol. The number of rotatable bonds is 5. The van der Waals surface area contributed by atoms with Crippen LogP contribution in [0.3, 0.4) is 0 Å². The van der Waals surface area contributed by atoms with Gasteiger partial charge in [0.25, 0.3) is 0 Å². The average Bonchev–Trinajstić information content (AvgIpc) is 2.75. The molecule has 0 bridgehead atoms. The largest absolute Gasteiger partial charge is 0.338 e. The van der Waals surface area contributed by atoms with Crippen molar-refractivity contribution < 1.29 is 4.79 Å². The third kappa shape index (κ3) is 3.06. The van der Waals surface area contributed by atoms with Gasteiger partial charge in [0.15, 0.2) is 0 Å². The Morgan fingerprint density at radius 1 is 1.33 bits per heavy atom. The molecule has 0 saturated carbocycles. The van der Waals surface area contributed by atoms with Crippen molar-refractivity contribution in [3.8, 4) is 0 Å². The first kappa shape index (κ1) is 12.6. The van der Waals surface area contributed by atoms with E-state index in [0.29, 0.717) is 19.3 Å². The highest BCUT2D eigenvalue weighted by atomic mass is 16.1. The molecule has 0 saturated heterocycles. The Hall–Kier alpha value is -1.90. The number of aryl methyl sites for hydroxylation is 3. The van der Waals surface area contributed by atoms with Crippen molar-refractivity contribution in [3.05, 3.63) is 53.6 Å². The van der Waals surface area contributed by atoms with Gasteiger partial charge in [0.2, 0.25) is 0 Å². The summed E-state index contributed by atoms with van der Waals surface area (Å²) in [5.74, 6) is 1.24. The number of carbonyl (C=O) groups excluding carboxylic acids is 1. The Balaban J connectivity index is 1.90. The molecule has 0 aliphatic rings. The predicted molar refractivity (Wildman–Crippen MR) is 71.4 cm³/mol. The summed E-state index contributed by atoms with van der Waals surface area (Å²) in [5, 5.41) is 0. The topological polar surface area (TPSA) is 34.9 Å². The van der Waals surface area contributed by atoms with Crippen LogP contribution in [0.4, 0.5) is 0 Å². The predicted octanol–water partition coefficient (Wildman–Crippen LogP) is 2.47. The maximum Gasteiger partial charge on any atom is 0.137 e. The normalized spacial score (nSPS) is 10.6.